The SMILES string of the molecule is COCCCN1C(=O)C(=O)C(=C(O)c2ccc3c(c2)C[C@H](C)O3)[C@@H]1c1ccc(C(C)C)cc1. The van der Waals surface area contributed by atoms with E-state index in [0.717, 1.165) is 23.3 Å². The smallest absolute Gasteiger partial charge is 0.295 e. The number of ether oxygens (including phenoxy) is 2. The normalized spacial score (nSPS) is 21.5. The number of ketones is 1. The van der Waals surface area contributed by atoms with E-state index >= 15 is 0 Å². The van der Waals surface area contributed by atoms with E-state index < -0.39 is 17.7 Å². The Bertz CT molecular complexity index is 1090. The number of carbonyl (C=O) groups is 2. The molecule has 0 aliphatic carbocycles. The molecule has 0 unspecified atom stereocenters. The first-order chi connectivity index (χ1) is 15.8. The van der Waals surface area contributed by atoms with Crippen LogP contribution in [0.5, 0.6) is 5.75 Å². The van der Waals surface area contributed by atoms with Crippen molar-refractivity contribution in [2.75, 3.05) is 20.3 Å². The van der Waals surface area contributed by atoms with Crippen LogP contribution in [-0.2, 0) is 20.7 Å². The van der Waals surface area contributed by atoms with E-state index in [9.17, 15) is 14.7 Å². The van der Waals surface area contributed by atoms with E-state index in [2.05, 4.69) is 13.8 Å². The van der Waals surface area contributed by atoms with Crippen molar-refractivity contribution in [2.45, 2.75) is 51.7 Å². The molecule has 4 rings (SSSR count). The van der Waals surface area contributed by atoms with Crippen molar-refractivity contribution >= 4 is 17.4 Å². The van der Waals surface area contributed by atoms with Gasteiger partial charge in [-0.2, -0.15) is 0 Å². The van der Waals surface area contributed by atoms with Gasteiger partial charge in [-0.05, 0) is 54.2 Å². The van der Waals surface area contributed by atoms with Crippen LogP contribution < -0.4 is 4.74 Å². The molecule has 1 N–H and O–H groups in total. The molecule has 0 spiro atoms. The third kappa shape index (κ3) is 4.40. The number of benzene rings is 2. The number of methoxy groups -OCH3 is 1. The molecule has 2 heterocycles. The summed E-state index contributed by atoms with van der Waals surface area (Å²) in [5.74, 6) is -0.248. The van der Waals surface area contributed by atoms with Gasteiger partial charge >= 0.3 is 0 Å². The number of hydrogen-bond acceptors (Lipinski definition) is 5. The average molecular weight is 450 g/mol. The number of rotatable bonds is 7. The minimum atomic E-state index is -0.659. The van der Waals surface area contributed by atoms with Crippen molar-refractivity contribution in [3.05, 3.63) is 70.3 Å². The Labute approximate surface area is 194 Å². The zero-order valence-corrected chi connectivity index (χ0v) is 19.6. The molecule has 0 saturated carbocycles. The molecule has 2 aliphatic rings. The standard InChI is InChI=1S/C27H31NO5/c1-16(2)18-6-8-19(9-7-18)24-23(26(30)27(31)28(24)12-5-13-32-4)25(29)20-10-11-22-21(15-20)14-17(3)33-22/h6-11,15-17,24,29H,5,12-14H2,1-4H3/t17-,24-/m0/s1. The highest BCUT2D eigenvalue weighted by atomic mass is 16.5. The predicted molar refractivity (Wildman–Crippen MR) is 126 cm³/mol. The molecule has 33 heavy (non-hydrogen) atoms. The van der Waals surface area contributed by atoms with Crippen molar-refractivity contribution in [3.63, 3.8) is 0 Å². The number of hydrogen-bond donors (Lipinski definition) is 1. The molecule has 0 aromatic heterocycles. The van der Waals surface area contributed by atoms with Crippen molar-refractivity contribution in [3.8, 4) is 5.75 Å². The minimum Gasteiger partial charge on any atom is -0.507 e. The number of Topliss-reactive ketones (excluding diaryl/α,β-unsaturated/α-hetero) is 1. The van der Waals surface area contributed by atoms with Gasteiger partial charge in [-0.1, -0.05) is 38.1 Å². The van der Waals surface area contributed by atoms with Crippen molar-refractivity contribution in [1.82, 2.24) is 4.90 Å². The van der Waals surface area contributed by atoms with Gasteiger partial charge in [0.2, 0.25) is 0 Å². The van der Waals surface area contributed by atoms with Gasteiger partial charge in [0, 0.05) is 32.2 Å². The summed E-state index contributed by atoms with van der Waals surface area (Å²) in [5.41, 5.74) is 3.60. The maximum absolute atomic E-state index is 13.1. The molecule has 0 bridgehead atoms. The zero-order valence-electron chi connectivity index (χ0n) is 19.6. The number of fused-ring (bicyclic) bond motifs is 1. The van der Waals surface area contributed by atoms with E-state index in [-0.39, 0.29) is 17.4 Å². The first-order valence-electron chi connectivity index (χ1n) is 11.5. The van der Waals surface area contributed by atoms with Crippen LogP contribution in [0, 0.1) is 0 Å². The highest BCUT2D eigenvalue weighted by Crippen LogP contribution is 2.41. The number of carbonyl (C=O) groups excluding carboxylic acids is 2. The molecule has 2 aliphatic heterocycles. The summed E-state index contributed by atoms with van der Waals surface area (Å²) in [5, 5.41) is 11.3. The lowest BCUT2D eigenvalue weighted by molar-refractivity contribution is -0.140. The van der Waals surface area contributed by atoms with Gasteiger partial charge < -0.3 is 19.5 Å². The topological polar surface area (TPSA) is 76.1 Å². The van der Waals surface area contributed by atoms with Crippen molar-refractivity contribution in [2.24, 2.45) is 0 Å². The molecule has 6 nitrogen and oxygen atoms in total. The fourth-order valence-electron chi connectivity index (χ4n) is 4.62. The lowest BCUT2D eigenvalue weighted by Gasteiger charge is -2.25. The van der Waals surface area contributed by atoms with Gasteiger partial charge in [0.05, 0.1) is 11.6 Å². The summed E-state index contributed by atoms with van der Waals surface area (Å²) in [6, 6.07) is 12.7. The van der Waals surface area contributed by atoms with Crippen LogP contribution in [-0.4, -0.2) is 48.1 Å². The van der Waals surface area contributed by atoms with Crippen LogP contribution in [0.25, 0.3) is 5.76 Å². The van der Waals surface area contributed by atoms with Crippen LogP contribution in [0.1, 0.15) is 61.4 Å². The number of aliphatic hydroxyl groups excluding tert-OH is 1. The highest BCUT2D eigenvalue weighted by Gasteiger charge is 2.45. The average Bonchev–Trinajstić information content (AvgIpc) is 3.29. The van der Waals surface area contributed by atoms with Crippen molar-refractivity contribution < 1.29 is 24.2 Å². The number of aliphatic hydroxyl groups is 1. The molecule has 1 fully saturated rings. The molecule has 1 saturated heterocycles. The van der Waals surface area contributed by atoms with Crippen LogP contribution >= 0.6 is 0 Å². The molecular weight excluding hydrogens is 418 g/mol. The molecule has 2 atom stereocenters. The maximum Gasteiger partial charge on any atom is 0.295 e. The van der Waals surface area contributed by atoms with Gasteiger partial charge in [0.25, 0.3) is 11.7 Å². The van der Waals surface area contributed by atoms with E-state index in [1.165, 1.54) is 5.56 Å². The second-order valence-electron chi connectivity index (χ2n) is 9.12. The molecule has 2 aromatic carbocycles. The fourth-order valence-corrected chi connectivity index (χ4v) is 4.62. The fraction of sp³-hybridized carbons (Fsp3) is 0.407. The Morgan fingerprint density at radius 3 is 2.58 bits per heavy atom. The third-order valence-corrected chi connectivity index (χ3v) is 6.38. The summed E-state index contributed by atoms with van der Waals surface area (Å²) in [6.45, 7) is 7.06. The Morgan fingerprint density at radius 2 is 1.91 bits per heavy atom. The first-order valence-corrected chi connectivity index (χ1v) is 11.5. The lowest BCUT2D eigenvalue weighted by atomic mass is 9.92. The van der Waals surface area contributed by atoms with Crippen LogP contribution in [0.3, 0.4) is 0 Å². The van der Waals surface area contributed by atoms with E-state index in [1.54, 1.807) is 18.1 Å². The molecule has 0 radical (unpaired) electrons. The van der Waals surface area contributed by atoms with E-state index in [0.29, 0.717) is 31.1 Å². The molecule has 2 aromatic rings. The van der Waals surface area contributed by atoms with Gasteiger partial charge in [-0.3, -0.25) is 9.59 Å². The number of nitrogens with zero attached hydrogens (tertiary/aromatic N) is 1. The van der Waals surface area contributed by atoms with Crippen LogP contribution in [0.4, 0.5) is 0 Å². The number of amides is 1. The highest BCUT2D eigenvalue weighted by molar-refractivity contribution is 6.46. The summed E-state index contributed by atoms with van der Waals surface area (Å²) in [6.07, 6.45) is 1.41. The largest absolute Gasteiger partial charge is 0.507 e. The van der Waals surface area contributed by atoms with Crippen LogP contribution in [0.15, 0.2) is 48.0 Å². The van der Waals surface area contributed by atoms with Crippen LogP contribution in [0.2, 0.25) is 0 Å². The number of likely N-dealkylation sites (tertiary alicyclic amines) is 1. The van der Waals surface area contributed by atoms with Crippen molar-refractivity contribution in [1.29, 1.82) is 0 Å². The summed E-state index contributed by atoms with van der Waals surface area (Å²) >= 11 is 0. The molecule has 1 amide bonds. The third-order valence-electron chi connectivity index (χ3n) is 6.38. The Morgan fingerprint density at radius 1 is 1.18 bits per heavy atom. The molecule has 174 valence electrons. The summed E-state index contributed by atoms with van der Waals surface area (Å²) in [7, 11) is 1.61. The Kier molecular flexibility index (Phi) is 6.56. The Hall–Kier alpha value is -3.12. The second kappa shape index (κ2) is 9.40. The van der Waals surface area contributed by atoms with Gasteiger partial charge in [0.1, 0.15) is 17.6 Å². The summed E-state index contributed by atoms with van der Waals surface area (Å²) in [4.78, 5) is 27.7. The zero-order chi connectivity index (χ0) is 23.7. The van der Waals surface area contributed by atoms with Gasteiger partial charge in [0.15, 0.2) is 0 Å². The van der Waals surface area contributed by atoms with Gasteiger partial charge in [-0.25, -0.2) is 0 Å². The second-order valence-corrected chi connectivity index (χ2v) is 9.12. The minimum absolute atomic E-state index is 0.0724. The molecular formula is C27H31NO5. The quantitative estimate of drug-likeness (QED) is 0.290. The first kappa shape index (κ1) is 23.1. The maximum atomic E-state index is 13.1. The predicted octanol–water partition coefficient (Wildman–Crippen LogP) is 4.59. The van der Waals surface area contributed by atoms with E-state index in [1.807, 2.05) is 43.3 Å². The lowest BCUT2D eigenvalue weighted by Crippen LogP contribution is -2.31. The molecule has 6 heteroatoms. The van der Waals surface area contributed by atoms with E-state index in [4.69, 9.17) is 9.47 Å². The Balaban J connectivity index is 1.79. The van der Waals surface area contributed by atoms with Gasteiger partial charge in [-0.15, -0.1) is 0 Å². The monoisotopic (exact) mass is 449 g/mol. The summed E-state index contributed by atoms with van der Waals surface area (Å²) < 4.78 is 10.9.